The van der Waals surface area contributed by atoms with Gasteiger partial charge in [0.25, 0.3) is 0 Å². The molecule has 0 unspecified atom stereocenters. The average Bonchev–Trinajstić information content (AvgIpc) is 2.84. The van der Waals surface area contributed by atoms with Crippen molar-refractivity contribution in [3.05, 3.63) is 30.9 Å². The fraction of sp³-hybridized carbons (Fsp3) is 0.467. The molecule has 0 radical (unpaired) electrons. The van der Waals surface area contributed by atoms with Gasteiger partial charge in [0.05, 0.1) is 24.2 Å². The summed E-state index contributed by atoms with van der Waals surface area (Å²) in [5, 5.41) is 0. The van der Waals surface area contributed by atoms with Crippen LogP contribution in [0.5, 0.6) is 0 Å². The predicted octanol–water partition coefficient (Wildman–Crippen LogP) is 2.10. The molecule has 106 valence electrons. The smallest absolute Gasteiger partial charge is 0.128 e. The molecule has 0 aromatic carbocycles. The molecule has 3 rings (SSSR count). The van der Waals surface area contributed by atoms with Crippen LogP contribution in [0.25, 0.3) is 11.3 Å². The normalized spacial score (nSPS) is 23.1. The number of pyridine rings is 1. The first-order chi connectivity index (χ1) is 9.61. The Hall–Kier alpha value is -1.88. The second-order valence-electron chi connectivity index (χ2n) is 5.49. The summed E-state index contributed by atoms with van der Waals surface area (Å²) in [7, 11) is 1.97. The van der Waals surface area contributed by atoms with Crippen molar-refractivity contribution < 1.29 is 4.74 Å². The molecule has 0 saturated carbocycles. The van der Waals surface area contributed by atoms with Crippen molar-refractivity contribution in [1.82, 2.24) is 14.5 Å². The van der Waals surface area contributed by atoms with Crippen molar-refractivity contribution >= 4 is 5.82 Å². The van der Waals surface area contributed by atoms with Crippen molar-refractivity contribution in [2.24, 2.45) is 7.05 Å². The Bertz CT molecular complexity index is 568. The fourth-order valence-electron chi connectivity index (χ4n) is 2.65. The van der Waals surface area contributed by atoms with E-state index in [4.69, 9.17) is 4.74 Å². The van der Waals surface area contributed by atoms with Gasteiger partial charge in [0.2, 0.25) is 0 Å². The third-order valence-electron chi connectivity index (χ3n) is 3.49. The topological polar surface area (TPSA) is 43.2 Å². The minimum atomic E-state index is 0.246. The van der Waals surface area contributed by atoms with Gasteiger partial charge in [-0.05, 0) is 26.0 Å². The molecule has 0 bridgehead atoms. The number of nitrogens with zero attached hydrogens (tertiary/aromatic N) is 4. The van der Waals surface area contributed by atoms with E-state index in [0.717, 1.165) is 30.2 Å². The van der Waals surface area contributed by atoms with E-state index in [9.17, 15) is 0 Å². The maximum atomic E-state index is 5.75. The number of hydrogen-bond donors (Lipinski definition) is 0. The minimum Gasteiger partial charge on any atom is -0.372 e. The van der Waals surface area contributed by atoms with Crippen molar-refractivity contribution in [3.63, 3.8) is 0 Å². The molecule has 1 aliphatic rings. The lowest BCUT2D eigenvalue weighted by atomic mass is 10.2. The first-order valence-electron chi connectivity index (χ1n) is 6.96. The van der Waals surface area contributed by atoms with Crippen LogP contribution in [0.3, 0.4) is 0 Å². The summed E-state index contributed by atoms with van der Waals surface area (Å²) >= 11 is 0. The molecule has 2 aromatic heterocycles. The van der Waals surface area contributed by atoms with E-state index in [0.29, 0.717) is 0 Å². The molecule has 2 atom stereocenters. The Morgan fingerprint density at radius 3 is 2.45 bits per heavy atom. The lowest BCUT2D eigenvalue weighted by molar-refractivity contribution is -0.00545. The SMILES string of the molecule is C[C@@H]1CN(c2ccc(-c3cn(C)cn3)cn2)C[C@H](C)O1. The first kappa shape index (κ1) is 13.1. The summed E-state index contributed by atoms with van der Waals surface area (Å²) in [6, 6.07) is 4.14. The van der Waals surface area contributed by atoms with Crippen LogP contribution in [0.15, 0.2) is 30.9 Å². The van der Waals surface area contributed by atoms with Gasteiger partial charge in [0, 0.05) is 38.1 Å². The number of ether oxygens (including phenoxy) is 1. The zero-order chi connectivity index (χ0) is 14.1. The van der Waals surface area contributed by atoms with Gasteiger partial charge in [-0.1, -0.05) is 0 Å². The third-order valence-corrected chi connectivity index (χ3v) is 3.49. The molecule has 5 nitrogen and oxygen atoms in total. The summed E-state index contributed by atoms with van der Waals surface area (Å²) in [6.07, 6.45) is 6.18. The van der Waals surface area contributed by atoms with Crippen LogP contribution in [-0.4, -0.2) is 39.8 Å². The van der Waals surface area contributed by atoms with Crippen LogP contribution in [-0.2, 0) is 11.8 Å². The van der Waals surface area contributed by atoms with Crippen molar-refractivity contribution in [3.8, 4) is 11.3 Å². The lowest BCUT2D eigenvalue weighted by Gasteiger charge is -2.36. The average molecular weight is 272 g/mol. The third kappa shape index (κ3) is 2.67. The molecule has 3 heterocycles. The van der Waals surface area contributed by atoms with Gasteiger partial charge < -0.3 is 14.2 Å². The highest BCUT2D eigenvalue weighted by Crippen LogP contribution is 2.21. The molecule has 0 amide bonds. The van der Waals surface area contributed by atoms with Crippen molar-refractivity contribution in [2.75, 3.05) is 18.0 Å². The van der Waals surface area contributed by atoms with Gasteiger partial charge in [-0.3, -0.25) is 0 Å². The molecule has 5 heteroatoms. The van der Waals surface area contributed by atoms with E-state index in [-0.39, 0.29) is 12.2 Å². The number of morpholine rings is 1. The molecular weight excluding hydrogens is 252 g/mol. The molecule has 1 saturated heterocycles. The highest BCUT2D eigenvalue weighted by Gasteiger charge is 2.23. The van der Waals surface area contributed by atoms with Gasteiger partial charge in [0.1, 0.15) is 5.82 Å². The second kappa shape index (κ2) is 5.25. The molecule has 1 aliphatic heterocycles. The van der Waals surface area contributed by atoms with Crippen LogP contribution in [0.4, 0.5) is 5.82 Å². The maximum absolute atomic E-state index is 5.75. The molecule has 0 N–H and O–H groups in total. The number of rotatable bonds is 2. The van der Waals surface area contributed by atoms with Crippen molar-refractivity contribution in [2.45, 2.75) is 26.1 Å². The minimum absolute atomic E-state index is 0.246. The highest BCUT2D eigenvalue weighted by atomic mass is 16.5. The molecule has 2 aromatic rings. The summed E-state index contributed by atoms with van der Waals surface area (Å²) < 4.78 is 7.69. The Labute approximate surface area is 119 Å². The molecule has 1 fully saturated rings. The lowest BCUT2D eigenvalue weighted by Crippen LogP contribution is -2.45. The number of aromatic nitrogens is 3. The summed E-state index contributed by atoms with van der Waals surface area (Å²) in [5.74, 6) is 1.01. The quantitative estimate of drug-likeness (QED) is 0.839. The van der Waals surface area contributed by atoms with Gasteiger partial charge in [-0.2, -0.15) is 0 Å². The molecule has 20 heavy (non-hydrogen) atoms. The number of aryl methyl sites for hydroxylation is 1. The summed E-state index contributed by atoms with van der Waals surface area (Å²) in [5.41, 5.74) is 2.00. The Kier molecular flexibility index (Phi) is 3.44. The molecule has 0 spiro atoms. The highest BCUT2D eigenvalue weighted by molar-refractivity contribution is 5.59. The Balaban J connectivity index is 1.79. The van der Waals surface area contributed by atoms with Gasteiger partial charge in [-0.25, -0.2) is 9.97 Å². The van der Waals surface area contributed by atoms with Crippen LogP contribution in [0.1, 0.15) is 13.8 Å². The van der Waals surface area contributed by atoms with E-state index in [1.54, 1.807) is 6.33 Å². The number of anilines is 1. The summed E-state index contributed by atoms with van der Waals surface area (Å²) in [4.78, 5) is 11.2. The van der Waals surface area contributed by atoms with Gasteiger partial charge in [-0.15, -0.1) is 0 Å². The zero-order valence-corrected chi connectivity index (χ0v) is 12.2. The largest absolute Gasteiger partial charge is 0.372 e. The summed E-state index contributed by atoms with van der Waals surface area (Å²) in [6.45, 7) is 5.98. The van der Waals surface area contributed by atoms with Gasteiger partial charge >= 0.3 is 0 Å². The van der Waals surface area contributed by atoms with Gasteiger partial charge in [0.15, 0.2) is 0 Å². The maximum Gasteiger partial charge on any atom is 0.128 e. The van der Waals surface area contributed by atoms with Crippen LogP contribution in [0, 0.1) is 0 Å². The van der Waals surface area contributed by atoms with E-state index in [1.807, 2.05) is 24.0 Å². The van der Waals surface area contributed by atoms with E-state index >= 15 is 0 Å². The first-order valence-corrected chi connectivity index (χ1v) is 6.96. The Morgan fingerprint density at radius 1 is 1.15 bits per heavy atom. The molecular formula is C15H20N4O. The van der Waals surface area contributed by atoms with E-state index in [2.05, 4.69) is 40.8 Å². The standard InChI is InChI=1S/C15H20N4O/c1-11-7-19(8-12(2)20-11)15-5-4-13(6-16-15)14-9-18(3)10-17-14/h4-6,9-12H,7-8H2,1-3H3/t11-,12+. The number of hydrogen-bond acceptors (Lipinski definition) is 4. The zero-order valence-electron chi connectivity index (χ0n) is 12.2. The second-order valence-corrected chi connectivity index (χ2v) is 5.49. The predicted molar refractivity (Wildman–Crippen MR) is 78.7 cm³/mol. The Morgan fingerprint density at radius 2 is 1.90 bits per heavy atom. The number of imidazole rings is 1. The van der Waals surface area contributed by atoms with Crippen molar-refractivity contribution in [1.29, 1.82) is 0 Å². The van der Waals surface area contributed by atoms with Crippen LogP contribution < -0.4 is 4.90 Å². The van der Waals surface area contributed by atoms with E-state index < -0.39 is 0 Å². The monoisotopic (exact) mass is 272 g/mol. The molecule has 0 aliphatic carbocycles. The van der Waals surface area contributed by atoms with Crippen LogP contribution >= 0.6 is 0 Å². The van der Waals surface area contributed by atoms with Crippen LogP contribution in [0.2, 0.25) is 0 Å². The fourth-order valence-corrected chi connectivity index (χ4v) is 2.65. The van der Waals surface area contributed by atoms with E-state index in [1.165, 1.54) is 0 Å².